The van der Waals surface area contributed by atoms with Crippen LogP contribution in [0.25, 0.3) is 0 Å². The van der Waals surface area contributed by atoms with Gasteiger partial charge >= 0.3 is 0 Å². The highest BCUT2D eigenvalue weighted by Gasteiger charge is 1.77. The van der Waals surface area contributed by atoms with Gasteiger partial charge in [-0.1, -0.05) is 32.0 Å². The van der Waals surface area contributed by atoms with Crippen molar-refractivity contribution in [3.63, 3.8) is 0 Å². The van der Waals surface area contributed by atoms with Crippen molar-refractivity contribution >= 4 is 16.8 Å². The third-order valence-corrected chi connectivity index (χ3v) is 1.77. The fourth-order valence-corrected chi connectivity index (χ4v) is 0.605. The van der Waals surface area contributed by atoms with Crippen molar-refractivity contribution in [2.45, 2.75) is 13.8 Å². The molecule has 0 fully saturated rings. The van der Waals surface area contributed by atoms with E-state index in [2.05, 4.69) is 9.50 Å². The summed E-state index contributed by atoms with van der Waals surface area (Å²) in [6.45, 7) is 4.00. The maximum absolute atomic E-state index is 9.70. The number of aliphatic hydroxyl groups is 1. The molecule has 1 atom stereocenters. The van der Waals surface area contributed by atoms with Crippen molar-refractivity contribution in [1.29, 1.82) is 0 Å². The van der Waals surface area contributed by atoms with E-state index in [1.165, 1.54) is 13.4 Å². The first-order valence-corrected chi connectivity index (χ1v) is 6.74. The molecule has 0 spiro atoms. The molecule has 2 N–H and O–H groups in total. The van der Waals surface area contributed by atoms with Crippen LogP contribution in [-0.2, 0) is 15.3 Å². The van der Waals surface area contributed by atoms with Crippen LogP contribution in [0.4, 0.5) is 5.69 Å². The summed E-state index contributed by atoms with van der Waals surface area (Å²) < 4.78 is 13.9. The molecule has 17 heavy (non-hydrogen) atoms. The van der Waals surface area contributed by atoms with Crippen LogP contribution < -0.4 is 5.32 Å². The monoisotopic (exact) mass is 263 g/mol. The maximum atomic E-state index is 9.70. The lowest BCUT2D eigenvalue weighted by molar-refractivity contribution is 0.399. The minimum atomic E-state index is -1.07. The number of anilines is 1. The molecule has 1 aromatic carbocycles. The number of nitrogens with one attached hydrogen (secondary N) is 1. The van der Waals surface area contributed by atoms with E-state index in [1.54, 1.807) is 0 Å². The molecule has 1 rings (SSSR count). The Morgan fingerprint density at radius 1 is 1.18 bits per heavy atom. The van der Waals surface area contributed by atoms with Gasteiger partial charge in [0, 0.05) is 26.1 Å². The van der Waals surface area contributed by atoms with Gasteiger partial charge in [-0.05, 0) is 12.1 Å². The summed E-state index contributed by atoms with van der Waals surface area (Å²) in [6.07, 6.45) is 1.47. The Balaban J connectivity index is -0.000000190. The third-order valence-electron chi connectivity index (χ3n) is 1.30. The van der Waals surface area contributed by atoms with Gasteiger partial charge < -0.3 is 10.4 Å². The molecule has 0 bridgehead atoms. The fraction of sp³-hybridized carbons (Fsp3) is 0.500. The Morgan fingerprint density at radius 3 is 1.71 bits per heavy atom. The van der Waals surface area contributed by atoms with E-state index in [9.17, 15) is 4.21 Å². The summed E-state index contributed by atoms with van der Waals surface area (Å²) in [5, 5.41) is 10.0. The van der Waals surface area contributed by atoms with Crippen molar-refractivity contribution in [3.8, 4) is 0 Å². The summed E-state index contributed by atoms with van der Waals surface area (Å²) in [7, 11) is 4.31. The van der Waals surface area contributed by atoms with Gasteiger partial charge in [0.2, 0.25) is 0 Å². The SMILES string of the molecule is CC.CNc1ccccc1.CO.COS(C)=O. The second kappa shape index (κ2) is 20.5. The smallest absolute Gasteiger partial charge is 0.151 e. The molecule has 4 nitrogen and oxygen atoms in total. The molecule has 0 aliphatic carbocycles. The van der Waals surface area contributed by atoms with Crippen LogP contribution in [0.1, 0.15) is 13.8 Å². The molecule has 0 aliphatic heterocycles. The summed E-state index contributed by atoms with van der Waals surface area (Å²) in [4.78, 5) is 0. The molecule has 1 aromatic rings. The minimum absolute atomic E-state index is 1.00. The highest BCUT2D eigenvalue weighted by atomic mass is 32.2. The summed E-state index contributed by atoms with van der Waals surface area (Å²) in [5.74, 6) is 0. The van der Waals surface area contributed by atoms with Crippen molar-refractivity contribution in [2.24, 2.45) is 0 Å². The average Bonchev–Trinajstić information content (AvgIpc) is 2.44. The summed E-state index contributed by atoms with van der Waals surface area (Å²) in [5.41, 5.74) is 1.16. The standard InChI is InChI=1S/C7H9N.C2H6O2S.C2H6.CH4O/c1-8-7-5-3-2-4-6-7;1-4-5(2)3;2*1-2/h2-6,8H,1H3;1-2H3;1-2H3;2H,1H3. The van der Waals surface area contributed by atoms with Crippen LogP contribution in [0.3, 0.4) is 0 Å². The Kier molecular flexibility index (Phi) is 25.8. The van der Waals surface area contributed by atoms with E-state index in [4.69, 9.17) is 5.11 Å². The predicted octanol–water partition coefficient (Wildman–Crippen LogP) is 2.29. The number of hydrogen-bond donors (Lipinski definition) is 2. The van der Waals surface area contributed by atoms with Gasteiger partial charge in [-0.15, -0.1) is 0 Å². The van der Waals surface area contributed by atoms with Crippen LogP contribution >= 0.6 is 0 Å². The van der Waals surface area contributed by atoms with Crippen LogP contribution in [0, 0.1) is 0 Å². The van der Waals surface area contributed by atoms with E-state index in [0.29, 0.717) is 0 Å². The van der Waals surface area contributed by atoms with Gasteiger partial charge in [-0.25, -0.2) is 4.21 Å². The lowest BCUT2D eigenvalue weighted by atomic mass is 10.3. The molecule has 0 saturated carbocycles. The molecule has 5 heteroatoms. The number of rotatable bonds is 2. The normalized spacial score (nSPS) is 9.12. The van der Waals surface area contributed by atoms with E-state index in [-0.39, 0.29) is 0 Å². The molecule has 1 unspecified atom stereocenters. The Labute approximate surface area is 108 Å². The first-order chi connectivity index (χ1) is 8.20. The van der Waals surface area contributed by atoms with Crippen molar-refractivity contribution < 1.29 is 13.5 Å². The van der Waals surface area contributed by atoms with E-state index >= 15 is 0 Å². The van der Waals surface area contributed by atoms with Gasteiger partial charge in [-0.3, -0.25) is 4.18 Å². The van der Waals surface area contributed by atoms with Crippen LogP contribution in [0.2, 0.25) is 0 Å². The number of hydrogen-bond acceptors (Lipinski definition) is 4. The highest BCUT2D eigenvalue weighted by Crippen LogP contribution is 2.01. The van der Waals surface area contributed by atoms with Crippen molar-refractivity contribution in [2.75, 3.05) is 32.8 Å². The topological polar surface area (TPSA) is 58.6 Å². The lowest BCUT2D eigenvalue weighted by Gasteiger charge is -1.94. The number of para-hydroxylation sites is 1. The third kappa shape index (κ3) is 21.0. The quantitative estimate of drug-likeness (QED) is 0.859. The van der Waals surface area contributed by atoms with E-state index in [0.717, 1.165) is 12.8 Å². The van der Waals surface area contributed by atoms with Gasteiger partial charge in [0.15, 0.2) is 11.1 Å². The van der Waals surface area contributed by atoms with Crippen LogP contribution in [0.15, 0.2) is 30.3 Å². The second-order valence-corrected chi connectivity index (χ2v) is 3.32. The number of benzene rings is 1. The minimum Gasteiger partial charge on any atom is -0.400 e. The van der Waals surface area contributed by atoms with Gasteiger partial charge in [0.25, 0.3) is 0 Å². The molecule has 0 saturated heterocycles. The van der Waals surface area contributed by atoms with Crippen molar-refractivity contribution in [1.82, 2.24) is 0 Å². The predicted molar refractivity (Wildman–Crippen MR) is 76.6 cm³/mol. The van der Waals surface area contributed by atoms with Gasteiger partial charge in [0.1, 0.15) is 0 Å². The first-order valence-electron chi connectivity index (χ1n) is 5.26. The lowest BCUT2D eigenvalue weighted by Crippen LogP contribution is -1.84. The zero-order valence-corrected chi connectivity index (χ0v) is 12.4. The van der Waals surface area contributed by atoms with Gasteiger partial charge in [-0.2, -0.15) is 0 Å². The fourth-order valence-electron chi connectivity index (χ4n) is 0.605. The molecule has 102 valence electrons. The largest absolute Gasteiger partial charge is 0.400 e. The molecule has 0 amide bonds. The highest BCUT2D eigenvalue weighted by molar-refractivity contribution is 7.79. The van der Waals surface area contributed by atoms with Crippen LogP contribution in [-0.4, -0.2) is 36.8 Å². The van der Waals surface area contributed by atoms with E-state index < -0.39 is 11.1 Å². The zero-order chi connectivity index (χ0) is 14.1. The Hall–Kier alpha value is -0.910. The summed E-state index contributed by atoms with van der Waals surface area (Å²) >= 11 is -1.07. The van der Waals surface area contributed by atoms with Crippen LogP contribution in [0.5, 0.6) is 0 Å². The maximum Gasteiger partial charge on any atom is 0.151 e. The molecular formula is C12H25NO3S. The molecule has 0 radical (unpaired) electrons. The average molecular weight is 263 g/mol. The molecule has 0 aromatic heterocycles. The molecule has 0 aliphatic rings. The second-order valence-electron chi connectivity index (χ2n) is 2.18. The molecular weight excluding hydrogens is 238 g/mol. The zero-order valence-electron chi connectivity index (χ0n) is 11.6. The Bertz CT molecular complexity index is 243. The van der Waals surface area contributed by atoms with E-state index in [1.807, 2.05) is 51.2 Å². The van der Waals surface area contributed by atoms with Gasteiger partial charge in [0.05, 0.1) is 7.11 Å². The first kappa shape index (κ1) is 21.4. The molecule has 0 heterocycles. The van der Waals surface area contributed by atoms with Crippen molar-refractivity contribution in [3.05, 3.63) is 30.3 Å². The number of aliphatic hydroxyl groups excluding tert-OH is 1. The summed E-state index contributed by atoms with van der Waals surface area (Å²) in [6, 6.07) is 10.1. The Morgan fingerprint density at radius 2 is 1.53 bits per heavy atom.